The fraction of sp³-hybridized carbons (Fsp3) is 0.250. The van der Waals surface area contributed by atoms with Crippen LogP contribution in [0.5, 0.6) is 0 Å². The van der Waals surface area contributed by atoms with Crippen molar-refractivity contribution in [2.45, 2.75) is 31.8 Å². The molecule has 0 atom stereocenters. The number of aromatic nitrogens is 3. The predicted molar refractivity (Wildman–Crippen MR) is 97.7 cm³/mol. The van der Waals surface area contributed by atoms with Crippen LogP contribution in [-0.2, 0) is 6.54 Å². The van der Waals surface area contributed by atoms with Crippen LogP contribution < -0.4 is 0 Å². The van der Waals surface area contributed by atoms with Crippen molar-refractivity contribution in [3.63, 3.8) is 0 Å². The van der Waals surface area contributed by atoms with E-state index in [9.17, 15) is 0 Å². The maximum absolute atomic E-state index is 4.34. The lowest BCUT2D eigenvalue weighted by Crippen LogP contribution is -2.36. The Morgan fingerprint density at radius 3 is 2.48 bits per heavy atom. The van der Waals surface area contributed by atoms with Gasteiger partial charge in [-0.15, -0.1) is 5.10 Å². The van der Waals surface area contributed by atoms with E-state index in [2.05, 4.69) is 57.5 Å². The first-order chi connectivity index (χ1) is 12.1. The Hall–Kier alpha value is -2.95. The van der Waals surface area contributed by atoms with Gasteiger partial charge >= 0.3 is 0 Å². The third kappa shape index (κ3) is 2.93. The quantitative estimate of drug-likeness (QED) is 0.854. The van der Waals surface area contributed by atoms with Gasteiger partial charge in [0.15, 0.2) is 0 Å². The minimum atomic E-state index is 0.215. The molecule has 0 unspecified atom stereocenters. The van der Waals surface area contributed by atoms with E-state index in [-0.39, 0.29) is 5.54 Å². The van der Waals surface area contributed by atoms with Gasteiger partial charge in [-0.3, -0.25) is 4.98 Å². The molecule has 25 heavy (non-hydrogen) atoms. The molecule has 0 bridgehead atoms. The van der Waals surface area contributed by atoms with Crippen LogP contribution in [-0.4, -0.2) is 30.5 Å². The molecule has 0 spiro atoms. The van der Waals surface area contributed by atoms with Gasteiger partial charge in [-0.05, 0) is 44.0 Å². The highest BCUT2D eigenvalue weighted by atomic mass is 15.3. The van der Waals surface area contributed by atoms with Crippen molar-refractivity contribution < 1.29 is 0 Å². The standard InChI is InChI=1S/C20H21N5/c1-15-16(2)25(20(3)9-10-20)13-12-24(15)14-17-7-8-19(23-22-17)18-6-4-5-11-21-18/h4-8,11-13H,1-2,9-10,14H2,3H3. The molecular formula is C20H21N5. The first kappa shape index (κ1) is 15.6. The molecule has 0 saturated heterocycles. The van der Waals surface area contributed by atoms with Crippen LogP contribution in [0.2, 0.25) is 0 Å². The van der Waals surface area contributed by atoms with Crippen molar-refractivity contribution in [3.8, 4) is 11.4 Å². The Morgan fingerprint density at radius 1 is 1.00 bits per heavy atom. The number of nitrogens with zero attached hydrogens (tertiary/aromatic N) is 5. The van der Waals surface area contributed by atoms with Gasteiger partial charge in [0.1, 0.15) is 5.69 Å². The van der Waals surface area contributed by atoms with Gasteiger partial charge in [-0.2, -0.15) is 5.10 Å². The molecule has 1 aliphatic carbocycles. The van der Waals surface area contributed by atoms with Gasteiger partial charge in [-0.25, -0.2) is 0 Å². The lowest BCUT2D eigenvalue weighted by atomic mass is 10.1. The summed E-state index contributed by atoms with van der Waals surface area (Å²) < 4.78 is 0. The summed E-state index contributed by atoms with van der Waals surface area (Å²) >= 11 is 0. The first-order valence-electron chi connectivity index (χ1n) is 8.43. The van der Waals surface area contributed by atoms with E-state index < -0.39 is 0 Å². The second-order valence-electron chi connectivity index (χ2n) is 6.81. The van der Waals surface area contributed by atoms with Crippen LogP contribution in [0.1, 0.15) is 25.5 Å². The third-order valence-electron chi connectivity index (χ3n) is 4.90. The van der Waals surface area contributed by atoms with Crippen molar-refractivity contribution >= 4 is 0 Å². The predicted octanol–water partition coefficient (Wildman–Crippen LogP) is 3.71. The summed E-state index contributed by atoms with van der Waals surface area (Å²) in [5.41, 5.74) is 4.56. The van der Waals surface area contributed by atoms with Gasteiger partial charge in [-0.1, -0.05) is 19.2 Å². The fourth-order valence-electron chi connectivity index (χ4n) is 2.98. The van der Waals surface area contributed by atoms with Crippen LogP contribution >= 0.6 is 0 Å². The molecule has 0 N–H and O–H groups in total. The van der Waals surface area contributed by atoms with Crippen LogP contribution in [0.25, 0.3) is 11.4 Å². The molecule has 1 aliphatic heterocycles. The molecule has 2 aromatic rings. The van der Waals surface area contributed by atoms with Gasteiger partial charge in [0, 0.05) is 24.1 Å². The highest BCUT2D eigenvalue weighted by molar-refractivity contribution is 5.52. The third-order valence-corrected chi connectivity index (χ3v) is 4.90. The van der Waals surface area contributed by atoms with E-state index in [0.717, 1.165) is 28.5 Å². The van der Waals surface area contributed by atoms with E-state index >= 15 is 0 Å². The van der Waals surface area contributed by atoms with E-state index in [1.54, 1.807) is 6.20 Å². The van der Waals surface area contributed by atoms with Gasteiger partial charge in [0.2, 0.25) is 0 Å². The molecule has 0 aromatic carbocycles. The van der Waals surface area contributed by atoms with E-state index in [1.807, 2.05) is 30.3 Å². The largest absolute Gasteiger partial charge is 0.339 e. The molecule has 4 rings (SSSR count). The van der Waals surface area contributed by atoms with Crippen LogP contribution in [0.3, 0.4) is 0 Å². The zero-order valence-corrected chi connectivity index (χ0v) is 14.4. The Balaban J connectivity index is 1.49. The summed E-state index contributed by atoms with van der Waals surface area (Å²) in [5.74, 6) is 0. The molecule has 2 aromatic heterocycles. The highest BCUT2D eigenvalue weighted by Gasteiger charge is 2.44. The van der Waals surface area contributed by atoms with Crippen molar-refractivity contribution in [2.24, 2.45) is 0 Å². The minimum absolute atomic E-state index is 0.215. The second kappa shape index (κ2) is 5.84. The molecule has 5 heteroatoms. The first-order valence-corrected chi connectivity index (χ1v) is 8.43. The Kier molecular flexibility index (Phi) is 3.64. The number of hydrogen-bond acceptors (Lipinski definition) is 5. The van der Waals surface area contributed by atoms with E-state index in [0.29, 0.717) is 6.54 Å². The minimum Gasteiger partial charge on any atom is -0.339 e. The van der Waals surface area contributed by atoms with Gasteiger partial charge in [0.05, 0.1) is 29.3 Å². The Bertz CT molecular complexity index is 834. The van der Waals surface area contributed by atoms with E-state index in [4.69, 9.17) is 0 Å². The molecule has 0 amide bonds. The normalized spacial score (nSPS) is 18.6. The highest BCUT2D eigenvalue weighted by Crippen LogP contribution is 2.45. The van der Waals surface area contributed by atoms with Crippen LogP contribution in [0, 0.1) is 0 Å². The zero-order chi connectivity index (χ0) is 17.4. The monoisotopic (exact) mass is 331 g/mol. The molecule has 5 nitrogen and oxygen atoms in total. The lowest BCUT2D eigenvalue weighted by Gasteiger charge is -2.38. The summed E-state index contributed by atoms with van der Waals surface area (Å²) in [7, 11) is 0. The summed E-state index contributed by atoms with van der Waals surface area (Å²) in [6.07, 6.45) is 8.30. The summed E-state index contributed by atoms with van der Waals surface area (Å²) in [4.78, 5) is 8.60. The number of hydrogen-bond donors (Lipinski definition) is 0. The van der Waals surface area contributed by atoms with Crippen molar-refractivity contribution in [2.75, 3.05) is 0 Å². The smallest absolute Gasteiger partial charge is 0.111 e. The van der Waals surface area contributed by atoms with Crippen molar-refractivity contribution in [1.29, 1.82) is 0 Å². The maximum atomic E-state index is 4.34. The molecule has 1 saturated carbocycles. The molecule has 0 radical (unpaired) electrons. The Labute approximate surface area is 148 Å². The van der Waals surface area contributed by atoms with Crippen molar-refractivity contribution in [1.82, 2.24) is 25.0 Å². The van der Waals surface area contributed by atoms with E-state index in [1.165, 1.54) is 12.8 Å². The maximum Gasteiger partial charge on any atom is 0.111 e. The molecule has 2 aliphatic rings. The van der Waals surface area contributed by atoms with Crippen LogP contribution in [0.4, 0.5) is 0 Å². The van der Waals surface area contributed by atoms with Crippen molar-refractivity contribution in [3.05, 3.63) is 79.2 Å². The average molecular weight is 331 g/mol. The van der Waals surface area contributed by atoms with Crippen LogP contribution in [0.15, 0.2) is 73.5 Å². The summed E-state index contributed by atoms with van der Waals surface area (Å²) in [5, 5.41) is 8.64. The molecule has 3 heterocycles. The summed E-state index contributed by atoms with van der Waals surface area (Å²) in [6, 6.07) is 9.69. The number of pyridine rings is 1. The summed E-state index contributed by atoms with van der Waals surface area (Å²) in [6.45, 7) is 11.3. The van der Waals surface area contributed by atoms with Gasteiger partial charge in [0.25, 0.3) is 0 Å². The van der Waals surface area contributed by atoms with Gasteiger partial charge < -0.3 is 9.80 Å². The average Bonchev–Trinajstić information content (AvgIpc) is 3.39. The number of rotatable bonds is 4. The molecule has 1 fully saturated rings. The zero-order valence-electron chi connectivity index (χ0n) is 14.4. The second-order valence-corrected chi connectivity index (χ2v) is 6.81. The SMILES string of the molecule is C=C1C(=C)N(C2(C)CC2)C=CN1Cc1ccc(-c2ccccn2)nn1. The fourth-order valence-corrected chi connectivity index (χ4v) is 2.98. The molecular weight excluding hydrogens is 310 g/mol. The topological polar surface area (TPSA) is 45.2 Å². The lowest BCUT2D eigenvalue weighted by molar-refractivity contribution is 0.294. The Morgan fingerprint density at radius 2 is 1.84 bits per heavy atom. The molecule has 126 valence electrons.